The third-order valence-electron chi connectivity index (χ3n) is 6.88. The van der Waals surface area contributed by atoms with Gasteiger partial charge in [-0.25, -0.2) is 9.37 Å². The predicted molar refractivity (Wildman–Crippen MR) is 144 cm³/mol. The van der Waals surface area contributed by atoms with Gasteiger partial charge in [-0.2, -0.15) is 0 Å². The second kappa shape index (κ2) is 9.39. The minimum Gasteiger partial charge on any atom is -0.507 e. The highest BCUT2D eigenvalue weighted by atomic mass is 32.1. The highest BCUT2D eigenvalue weighted by Crippen LogP contribution is 2.46. The van der Waals surface area contributed by atoms with E-state index in [1.54, 1.807) is 36.4 Å². The zero-order chi connectivity index (χ0) is 27.4. The Morgan fingerprint density at radius 1 is 1.08 bits per heavy atom. The smallest absolute Gasteiger partial charge is 0.301 e. The molecule has 1 fully saturated rings. The van der Waals surface area contributed by atoms with Crippen molar-refractivity contribution in [3.05, 3.63) is 82.7 Å². The molecule has 1 amide bonds. The van der Waals surface area contributed by atoms with Crippen LogP contribution in [-0.2, 0) is 16.0 Å². The van der Waals surface area contributed by atoms with E-state index in [4.69, 9.17) is 14.2 Å². The lowest BCUT2D eigenvalue weighted by molar-refractivity contribution is -0.132. The molecule has 1 saturated heterocycles. The van der Waals surface area contributed by atoms with Crippen molar-refractivity contribution in [3.63, 3.8) is 0 Å². The summed E-state index contributed by atoms with van der Waals surface area (Å²) in [5.41, 5.74) is 2.18. The first-order valence-corrected chi connectivity index (χ1v) is 13.0. The third-order valence-corrected chi connectivity index (χ3v) is 7.90. The summed E-state index contributed by atoms with van der Waals surface area (Å²) in [6, 6.07) is 13.3. The van der Waals surface area contributed by atoms with Gasteiger partial charge in [0.15, 0.2) is 16.6 Å². The number of carbonyl (C=O) groups is 2. The largest absolute Gasteiger partial charge is 0.507 e. The Balaban J connectivity index is 1.55. The Bertz CT molecular complexity index is 1700. The van der Waals surface area contributed by atoms with Crippen LogP contribution in [0.1, 0.15) is 29.7 Å². The van der Waals surface area contributed by atoms with Gasteiger partial charge in [0, 0.05) is 12.0 Å². The molecular weight excluding hydrogens is 523 g/mol. The SMILES string of the molecule is COc1ccc([C@H]2/C(=C(\O)c3ccc4c(c3)C[C@H](C)O4)C(=O)C(=O)N2c2nc3ccc(F)cc3s2)cc1OC. The predicted octanol–water partition coefficient (Wildman–Crippen LogP) is 5.40. The summed E-state index contributed by atoms with van der Waals surface area (Å²) in [7, 11) is 2.98. The lowest BCUT2D eigenvalue weighted by Crippen LogP contribution is -2.29. The highest BCUT2D eigenvalue weighted by Gasteiger charge is 2.48. The van der Waals surface area contributed by atoms with E-state index in [1.807, 2.05) is 6.92 Å². The van der Waals surface area contributed by atoms with Crippen LogP contribution in [0.2, 0.25) is 0 Å². The van der Waals surface area contributed by atoms with Gasteiger partial charge >= 0.3 is 5.91 Å². The minimum absolute atomic E-state index is 0.00128. The molecule has 0 unspecified atom stereocenters. The lowest BCUT2D eigenvalue weighted by Gasteiger charge is -2.23. The molecule has 2 aliphatic rings. The molecule has 0 saturated carbocycles. The number of halogens is 1. The van der Waals surface area contributed by atoms with Gasteiger partial charge in [0.1, 0.15) is 23.4 Å². The topological polar surface area (TPSA) is 98.2 Å². The summed E-state index contributed by atoms with van der Waals surface area (Å²) in [5.74, 6) is -0.900. The molecule has 2 aliphatic heterocycles. The van der Waals surface area contributed by atoms with E-state index in [9.17, 15) is 19.1 Å². The number of anilines is 1. The number of methoxy groups -OCH3 is 2. The summed E-state index contributed by atoms with van der Waals surface area (Å²) >= 11 is 1.08. The molecule has 0 spiro atoms. The molecule has 4 aromatic rings. The fourth-order valence-corrected chi connectivity index (χ4v) is 6.10. The molecule has 0 bridgehead atoms. The number of benzene rings is 3. The molecule has 10 heteroatoms. The number of aliphatic hydroxyl groups excluding tert-OH is 1. The van der Waals surface area contributed by atoms with Crippen molar-refractivity contribution in [1.82, 2.24) is 4.98 Å². The number of amides is 1. The summed E-state index contributed by atoms with van der Waals surface area (Å²) in [5, 5.41) is 11.7. The van der Waals surface area contributed by atoms with E-state index in [2.05, 4.69) is 4.98 Å². The molecule has 2 atom stereocenters. The fourth-order valence-electron chi connectivity index (χ4n) is 5.08. The van der Waals surface area contributed by atoms with Crippen LogP contribution in [-0.4, -0.2) is 42.1 Å². The first-order chi connectivity index (χ1) is 18.8. The molecule has 3 aromatic carbocycles. The second-order valence-electron chi connectivity index (χ2n) is 9.35. The summed E-state index contributed by atoms with van der Waals surface area (Å²) in [4.78, 5) is 32.9. The van der Waals surface area contributed by atoms with Gasteiger partial charge in [-0.05, 0) is 66.6 Å². The van der Waals surface area contributed by atoms with Gasteiger partial charge in [0.25, 0.3) is 5.78 Å². The molecule has 198 valence electrons. The van der Waals surface area contributed by atoms with Crippen molar-refractivity contribution in [1.29, 1.82) is 0 Å². The Kier molecular flexibility index (Phi) is 5.99. The molecule has 8 nitrogen and oxygen atoms in total. The number of nitrogens with zero attached hydrogens (tertiary/aromatic N) is 2. The molecule has 1 N–H and O–H groups in total. The van der Waals surface area contributed by atoms with Crippen molar-refractivity contribution in [2.24, 2.45) is 0 Å². The van der Waals surface area contributed by atoms with E-state index in [1.165, 1.54) is 37.3 Å². The molecule has 0 radical (unpaired) electrons. The number of carbonyl (C=O) groups excluding carboxylic acids is 2. The second-order valence-corrected chi connectivity index (χ2v) is 10.4. The van der Waals surface area contributed by atoms with Gasteiger partial charge in [-0.1, -0.05) is 17.4 Å². The molecule has 0 aliphatic carbocycles. The van der Waals surface area contributed by atoms with Crippen LogP contribution in [0.25, 0.3) is 16.0 Å². The minimum atomic E-state index is -1.03. The van der Waals surface area contributed by atoms with Crippen molar-refractivity contribution in [3.8, 4) is 17.2 Å². The number of Topliss-reactive ketones (excluding diaryl/α,β-unsaturated/α-hetero) is 1. The van der Waals surface area contributed by atoms with Crippen LogP contribution in [0.3, 0.4) is 0 Å². The van der Waals surface area contributed by atoms with E-state index >= 15 is 0 Å². The maximum absolute atomic E-state index is 13.9. The van der Waals surface area contributed by atoms with Crippen LogP contribution in [0.5, 0.6) is 17.2 Å². The van der Waals surface area contributed by atoms with Crippen molar-refractivity contribution >= 4 is 44.1 Å². The first kappa shape index (κ1) is 24.9. The molecule has 39 heavy (non-hydrogen) atoms. The molecule has 3 heterocycles. The lowest BCUT2D eigenvalue weighted by atomic mass is 9.94. The summed E-state index contributed by atoms with van der Waals surface area (Å²) < 4.78 is 31.0. The Morgan fingerprint density at radius 2 is 1.87 bits per heavy atom. The average Bonchev–Trinajstić information content (AvgIpc) is 3.59. The molecule has 1 aromatic heterocycles. The number of fused-ring (bicyclic) bond motifs is 2. The zero-order valence-corrected chi connectivity index (χ0v) is 22.0. The van der Waals surface area contributed by atoms with E-state index in [-0.39, 0.29) is 22.6 Å². The van der Waals surface area contributed by atoms with Crippen molar-refractivity contribution < 1.29 is 33.3 Å². The van der Waals surface area contributed by atoms with Crippen LogP contribution < -0.4 is 19.1 Å². The number of aromatic nitrogens is 1. The third kappa shape index (κ3) is 4.08. The Labute approximate surface area is 226 Å². The van der Waals surface area contributed by atoms with E-state index in [0.717, 1.165) is 22.6 Å². The highest BCUT2D eigenvalue weighted by molar-refractivity contribution is 7.22. The Morgan fingerprint density at radius 3 is 2.64 bits per heavy atom. The van der Waals surface area contributed by atoms with Crippen molar-refractivity contribution in [2.75, 3.05) is 19.1 Å². The Hall–Kier alpha value is -4.44. The normalized spacial score (nSPS) is 19.8. The van der Waals surface area contributed by atoms with Crippen LogP contribution in [0.15, 0.2) is 60.2 Å². The van der Waals surface area contributed by atoms with Crippen molar-refractivity contribution in [2.45, 2.75) is 25.5 Å². The van der Waals surface area contributed by atoms with Gasteiger partial charge in [-0.15, -0.1) is 0 Å². The number of aliphatic hydroxyl groups is 1. The summed E-state index contributed by atoms with van der Waals surface area (Å²) in [6.07, 6.45) is 0.658. The first-order valence-electron chi connectivity index (χ1n) is 12.2. The van der Waals surface area contributed by atoms with Crippen LogP contribution in [0, 0.1) is 5.82 Å². The maximum Gasteiger partial charge on any atom is 0.301 e. The number of ether oxygens (including phenoxy) is 3. The summed E-state index contributed by atoms with van der Waals surface area (Å²) in [6.45, 7) is 1.95. The number of ketones is 1. The number of hydrogen-bond acceptors (Lipinski definition) is 8. The van der Waals surface area contributed by atoms with Gasteiger partial charge < -0.3 is 19.3 Å². The average molecular weight is 547 g/mol. The van der Waals surface area contributed by atoms with Crippen LogP contribution in [0.4, 0.5) is 9.52 Å². The number of thiazole rings is 1. The van der Waals surface area contributed by atoms with E-state index < -0.39 is 23.5 Å². The monoisotopic (exact) mass is 546 g/mol. The quantitative estimate of drug-likeness (QED) is 0.203. The van der Waals surface area contributed by atoms with Gasteiger partial charge in [-0.3, -0.25) is 14.5 Å². The molecule has 6 rings (SSSR count). The fraction of sp³-hybridized carbons (Fsp3) is 0.207. The number of hydrogen-bond donors (Lipinski definition) is 1. The maximum atomic E-state index is 13.9. The molecular formula is C29H23FN2O6S. The van der Waals surface area contributed by atoms with Crippen LogP contribution >= 0.6 is 11.3 Å². The van der Waals surface area contributed by atoms with E-state index in [0.29, 0.717) is 39.3 Å². The zero-order valence-electron chi connectivity index (χ0n) is 21.2. The number of rotatable bonds is 5. The standard InChI is InChI=1S/C29H23FN2O6S/c1-14-10-17-11-16(5-8-20(17)38-14)26(33)24-25(15-4-9-21(36-2)22(12-15)37-3)32(28(35)27(24)34)29-31-19-7-6-18(30)13-23(19)39-29/h4-9,11-14,25,33H,10H2,1-3H3/b26-24+/t14-,25-/m0/s1. The van der Waals surface area contributed by atoms with Gasteiger partial charge in [0.05, 0.1) is 36.1 Å². The van der Waals surface area contributed by atoms with Gasteiger partial charge in [0.2, 0.25) is 0 Å².